The van der Waals surface area contributed by atoms with E-state index in [1.54, 1.807) is 13.0 Å². The Hall–Kier alpha value is -2.00. The molecule has 1 fully saturated rings. The second-order valence-corrected chi connectivity index (χ2v) is 8.39. The van der Waals surface area contributed by atoms with Crippen molar-refractivity contribution >= 4 is 33.2 Å². The highest BCUT2D eigenvalue weighted by Gasteiger charge is 2.28. The van der Waals surface area contributed by atoms with Gasteiger partial charge in [-0.1, -0.05) is 17.7 Å². The van der Waals surface area contributed by atoms with Gasteiger partial charge >= 0.3 is 0 Å². The topological polar surface area (TPSA) is 75.7 Å². The van der Waals surface area contributed by atoms with Crippen LogP contribution in [0.1, 0.15) is 15.9 Å². The van der Waals surface area contributed by atoms with Gasteiger partial charge in [-0.15, -0.1) is 0 Å². The Morgan fingerprint density at radius 3 is 2.56 bits per heavy atom. The van der Waals surface area contributed by atoms with Gasteiger partial charge in [0.1, 0.15) is 5.82 Å². The Morgan fingerprint density at radius 1 is 1.19 bits per heavy atom. The Labute approximate surface area is 161 Å². The van der Waals surface area contributed by atoms with Crippen LogP contribution in [-0.2, 0) is 14.8 Å². The minimum absolute atomic E-state index is 0.0780. The summed E-state index contributed by atoms with van der Waals surface area (Å²) in [4.78, 5) is 12.6. The number of amides is 1. The summed E-state index contributed by atoms with van der Waals surface area (Å²) in [5.74, 6) is -1.11. The van der Waals surface area contributed by atoms with Crippen molar-refractivity contribution in [1.29, 1.82) is 0 Å². The molecule has 2 aromatic rings. The molecule has 2 aromatic carbocycles. The maximum absolute atomic E-state index is 13.2. The highest BCUT2D eigenvalue weighted by molar-refractivity contribution is 7.89. The standard InChI is InChI=1S/C18H18ClFN2O4S/c1-12-2-3-13(18(23)21-14-4-5-16(20)15(19)11-14)10-17(12)27(24,25)22-6-8-26-9-7-22/h2-5,10-11H,6-9H2,1H3,(H,21,23). The smallest absolute Gasteiger partial charge is 0.255 e. The van der Waals surface area contributed by atoms with Crippen LogP contribution in [0.3, 0.4) is 0 Å². The lowest BCUT2D eigenvalue weighted by Crippen LogP contribution is -2.40. The molecular weight excluding hydrogens is 395 g/mol. The van der Waals surface area contributed by atoms with Crippen molar-refractivity contribution in [2.45, 2.75) is 11.8 Å². The molecule has 144 valence electrons. The van der Waals surface area contributed by atoms with Crippen LogP contribution < -0.4 is 5.32 Å². The highest BCUT2D eigenvalue weighted by Crippen LogP contribution is 2.24. The number of nitrogens with zero attached hydrogens (tertiary/aromatic N) is 1. The summed E-state index contributed by atoms with van der Waals surface area (Å²) in [6, 6.07) is 8.27. The van der Waals surface area contributed by atoms with Gasteiger partial charge in [0.25, 0.3) is 5.91 Å². The van der Waals surface area contributed by atoms with E-state index in [2.05, 4.69) is 5.32 Å². The Kier molecular flexibility index (Phi) is 5.81. The number of hydrogen-bond acceptors (Lipinski definition) is 4. The number of halogens is 2. The minimum atomic E-state index is -3.73. The second kappa shape index (κ2) is 7.93. The van der Waals surface area contributed by atoms with E-state index in [1.807, 2.05) is 0 Å². The molecule has 0 bridgehead atoms. The van der Waals surface area contributed by atoms with E-state index < -0.39 is 21.7 Å². The average molecular weight is 413 g/mol. The summed E-state index contributed by atoms with van der Waals surface area (Å²) in [7, 11) is -3.73. The van der Waals surface area contributed by atoms with Crippen LogP contribution in [0, 0.1) is 12.7 Å². The molecule has 0 aromatic heterocycles. The van der Waals surface area contributed by atoms with Gasteiger partial charge in [0.05, 0.1) is 23.1 Å². The molecule has 27 heavy (non-hydrogen) atoms. The van der Waals surface area contributed by atoms with Crippen molar-refractivity contribution in [2.75, 3.05) is 31.6 Å². The zero-order valence-corrected chi connectivity index (χ0v) is 16.1. The van der Waals surface area contributed by atoms with E-state index in [-0.39, 0.29) is 28.6 Å². The lowest BCUT2D eigenvalue weighted by Gasteiger charge is -2.26. The molecule has 6 nitrogen and oxygen atoms in total. The molecule has 1 amide bonds. The van der Waals surface area contributed by atoms with Gasteiger partial charge < -0.3 is 10.1 Å². The van der Waals surface area contributed by atoms with Gasteiger partial charge in [-0.3, -0.25) is 4.79 Å². The number of anilines is 1. The van der Waals surface area contributed by atoms with Gasteiger partial charge in [0, 0.05) is 24.3 Å². The van der Waals surface area contributed by atoms with Crippen LogP contribution in [0.15, 0.2) is 41.3 Å². The summed E-state index contributed by atoms with van der Waals surface area (Å²) in [6.07, 6.45) is 0. The van der Waals surface area contributed by atoms with Gasteiger partial charge in [-0.2, -0.15) is 4.31 Å². The predicted molar refractivity (Wildman–Crippen MR) is 100 cm³/mol. The SMILES string of the molecule is Cc1ccc(C(=O)Nc2ccc(F)c(Cl)c2)cc1S(=O)(=O)N1CCOCC1. The number of morpholine rings is 1. The third kappa shape index (κ3) is 4.30. The highest BCUT2D eigenvalue weighted by atomic mass is 35.5. The first kappa shape index (κ1) is 19.8. The molecule has 0 spiro atoms. The van der Waals surface area contributed by atoms with E-state index in [0.717, 1.165) is 6.07 Å². The van der Waals surface area contributed by atoms with Crippen molar-refractivity contribution in [3.05, 3.63) is 58.4 Å². The fourth-order valence-electron chi connectivity index (χ4n) is 2.72. The number of sulfonamides is 1. The van der Waals surface area contributed by atoms with E-state index in [4.69, 9.17) is 16.3 Å². The molecule has 0 atom stereocenters. The van der Waals surface area contributed by atoms with Gasteiger partial charge in [0.2, 0.25) is 10.0 Å². The summed E-state index contributed by atoms with van der Waals surface area (Å²) in [5, 5.41) is 2.47. The number of ether oxygens (including phenoxy) is 1. The van der Waals surface area contributed by atoms with Crippen molar-refractivity contribution < 1.29 is 22.3 Å². The molecule has 0 saturated carbocycles. The molecule has 1 aliphatic rings. The number of nitrogens with one attached hydrogen (secondary N) is 1. The van der Waals surface area contributed by atoms with E-state index in [1.165, 1.54) is 28.6 Å². The number of benzene rings is 2. The summed E-state index contributed by atoms with van der Waals surface area (Å²) in [6.45, 7) is 2.89. The molecule has 1 aliphatic heterocycles. The number of rotatable bonds is 4. The molecule has 0 radical (unpaired) electrons. The summed E-state index contributed by atoms with van der Waals surface area (Å²) >= 11 is 5.71. The van der Waals surface area contributed by atoms with Crippen molar-refractivity contribution in [1.82, 2.24) is 4.31 Å². The van der Waals surface area contributed by atoms with E-state index in [9.17, 15) is 17.6 Å². The van der Waals surface area contributed by atoms with Gasteiger partial charge in [0.15, 0.2) is 0 Å². The quantitative estimate of drug-likeness (QED) is 0.837. The van der Waals surface area contributed by atoms with Gasteiger partial charge in [-0.05, 0) is 42.8 Å². The van der Waals surface area contributed by atoms with E-state index >= 15 is 0 Å². The maximum Gasteiger partial charge on any atom is 0.255 e. The Morgan fingerprint density at radius 2 is 1.89 bits per heavy atom. The summed E-state index contributed by atoms with van der Waals surface area (Å²) in [5.41, 5.74) is 1.03. The average Bonchev–Trinajstić information content (AvgIpc) is 2.65. The van der Waals surface area contributed by atoms with Gasteiger partial charge in [-0.25, -0.2) is 12.8 Å². The maximum atomic E-state index is 13.2. The molecule has 0 unspecified atom stereocenters. The monoisotopic (exact) mass is 412 g/mol. The fraction of sp³-hybridized carbons (Fsp3) is 0.278. The van der Waals surface area contributed by atoms with Crippen molar-refractivity contribution in [3.63, 3.8) is 0 Å². The van der Waals surface area contributed by atoms with Crippen LogP contribution in [0.5, 0.6) is 0 Å². The normalized spacial score (nSPS) is 15.5. The predicted octanol–water partition coefficient (Wildman–Crippen LogP) is 3.06. The molecule has 1 saturated heterocycles. The largest absolute Gasteiger partial charge is 0.379 e. The second-order valence-electron chi connectivity index (χ2n) is 6.08. The van der Waals surface area contributed by atoms with Crippen LogP contribution in [0.25, 0.3) is 0 Å². The summed E-state index contributed by atoms with van der Waals surface area (Å²) < 4.78 is 45.6. The molecule has 3 rings (SSSR count). The molecule has 0 aliphatic carbocycles. The minimum Gasteiger partial charge on any atom is -0.379 e. The third-order valence-corrected chi connectivity index (χ3v) is 6.55. The van der Waals surface area contributed by atoms with Crippen LogP contribution in [-0.4, -0.2) is 44.9 Å². The first-order valence-electron chi connectivity index (χ1n) is 8.24. The molecule has 1 heterocycles. The third-order valence-electron chi connectivity index (χ3n) is 4.22. The first-order valence-corrected chi connectivity index (χ1v) is 10.1. The fourth-order valence-corrected chi connectivity index (χ4v) is 4.56. The number of carbonyl (C=O) groups is 1. The lowest BCUT2D eigenvalue weighted by atomic mass is 10.1. The number of carbonyl (C=O) groups excluding carboxylic acids is 1. The van der Waals surface area contributed by atoms with Crippen LogP contribution >= 0.6 is 11.6 Å². The lowest BCUT2D eigenvalue weighted by molar-refractivity contribution is 0.0730. The zero-order valence-electron chi connectivity index (χ0n) is 14.5. The van der Waals surface area contributed by atoms with Crippen molar-refractivity contribution in [3.8, 4) is 0 Å². The first-order chi connectivity index (χ1) is 12.8. The van der Waals surface area contributed by atoms with Crippen LogP contribution in [0.2, 0.25) is 5.02 Å². The molecule has 9 heteroatoms. The van der Waals surface area contributed by atoms with E-state index in [0.29, 0.717) is 24.5 Å². The Bertz CT molecular complexity index is 975. The zero-order chi connectivity index (χ0) is 19.6. The number of hydrogen-bond donors (Lipinski definition) is 1. The van der Waals surface area contributed by atoms with Crippen molar-refractivity contribution in [2.24, 2.45) is 0 Å². The Balaban J connectivity index is 1.88. The molecule has 1 N–H and O–H groups in total. The molecular formula is C18H18ClFN2O4S. The van der Waals surface area contributed by atoms with Crippen LogP contribution in [0.4, 0.5) is 10.1 Å². The number of aryl methyl sites for hydroxylation is 1.